The highest BCUT2D eigenvalue weighted by atomic mass is 79.9. The van der Waals surface area contributed by atoms with Gasteiger partial charge in [-0.15, -0.1) is 11.3 Å². The number of esters is 1. The zero-order valence-electron chi connectivity index (χ0n) is 16.5. The van der Waals surface area contributed by atoms with Crippen LogP contribution < -0.4 is 10.1 Å². The average molecular weight is 476 g/mol. The van der Waals surface area contributed by atoms with E-state index in [-0.39, 0.29) is 25.0 Å². The molecular weight excluding hydrogens is 454 g/mol. The SMILES string of the molecule is CCOC(=O)c1cc(C(C)C)sc1NC(=O)COc1ccc2cc(Br)ccc2c1. The molecule has 2 aromatic carbocycles. The molecule has 1 heterocycles. The fraction of sp³-hybridized carbons (Fsp3) is 0.273. The van der Waals surface area contributed by atoms with Crippen molar-refractivity contribution in [2.24, 2.45) is 0 Å². The van der Waals surface area contributed by atoms with E-state index in [1.165, 1.54) is 11.3 Å². The molecule has 0 saturated heterocycles. The Morgan fingerprint density at radius 2 is 1.83 bits per heavy atom. The molecule has 0 atom stereocenters. The summed E-state index contributed by atoms with van der Waals surface area (Å²) in [6.07, 6.45) is 0. The summed E-state index contributed by atoms with van der Waals surface area (Å²) in [6.45, 7) is 5.95. The van der Waals surface area contributed by atoms with Crippen LogP contribution in [-0.2, 0) is 9.53 Å². The molecule has 3 rings (SSSR count). The molecule has 0 aliphatic rings. The molecule has 0 saturated carbocycles. The molecular formula is C22H22BrNO4S. The van der Waals surface area contributed by atoms with Gasteiger partial charge in [-0.25, -0.2) is 4.79 Å². The minimum absolute atomic E-state index is 0.154. The zero-order valence-corrected chi connectivity index (χ0v) is 18.9. The van der Waals surface area contributed by atoms with Gasteiger partial charge in [0, 0.05) is 9.35 Å². The van der Waals surface area contributed by atoms with Crippen molar-refractivity contribution < 1.29 is 19.1 Å². The minimum atomic E-state index is -0.437. The minimum Gasteiger partial charge on any atom is -0.484 e. The summed E-state index contributed by atoms with van der Waals surface area (Å²) in [4.78, 5) is 25.6. The molecule has 1 amide bonds. The van der Waals surface area contributed by atoms with Crippen LogP contribution in [0.3, 0.4) is 0 Å². The number of hydrogen-bond donors (Lipinski definition) is 1. The summed E-state index contributed by atoms with van der Waals surface area (Å²) in [7, 11) is 0. The topological polar surface area (TPSA) is 64.6 Å². The Balaban J connectivity index is 1.69. The van der Waals surface area contributed by atoms with E-state index in [9.17, 15) is 9.59 Å². The third-order valence-corrected chi connectivity index (χ3v) is 6.06. The molecule has 1 aromatic heterocycles. The predicted molar refractivity (Wildman–Crippen MR) is 120 cm³/mol. The molecule has 0 bridgehead atoms. The van der Waals surface area contributed by atoms with Gasteiger partial charge < -0.3 is 14.8 Å². The summed E-state index contributed by atoms with van der Waals surface area (Å²) < 4.78 is 11.8. The lowest BCUT2D eigenvalue weighted by molar-refractivity contribution is -0.118. The number of fused-ring (bicyclic) bond motifs is 1. The van der Waals surface area contributed by atoms with Gasteiger partial charge in [0.25, 0.3) is 5.91 Å². The quantitative estimate of drug-likeness (QED) is 0.426. The van der Waals surface area contributed by atoms with Gasteiger partial charge in [-0.2, -0.15) is 0 Å². The number of hydrogen-bond acceptors (Lipinski definition) is 5. The third kappa shape index (κ3) is 5.36. The van der Waals surface area contributed by atoms with Crippen LogP contribution in [0.2, 0.25) is 0 Å². The molecule has 3 aromatic rings. The fourth-order valence-electron chi connectivity index (χ4n) is 2.74. The maximum absolute atomic E-state index is 12.4. The Morgan fingerprint density at radius 1 is 1.10 bits per heavy atom. The number of anilines is 1. The molecule has 0 spiro atoms. The number of halogens is 1. The predicted octanol–water partition coefficient (Wildman–Crippen LogP) is 5.98. The van der Waals surface area contributed by atoms with Crippen molar-refractivity contribution in [3.05, 3.63) is 57.4 Å². The van der Waals surface area contributed by atoms with Crippen LogP contribution in [-0.4, -0.2) is 25.1 Å². The second-order valence-electron chi connectivity index (χ2n) is 6.76. The standard InChI is InChI=1S/C22H22BrNO4S/c1-4-27-22(26)18-11-19(13(2)3)29-21(18)24-20(25)12-28-17-8-6-14-9-16(23)7-5-15(14)10-17/h5-11,13H,4,12H2,1-3H3,(H,24,25). The summed E-state index contributed by atoms with van der Waals surface area (Å²) in [5, 5.41) is 5.38. The normalized spacial score (nSPS) is 10.9. The van der Waals surface area contributed by atoms with E-state index in [2.05, 4.69) is 21.2 Å². The first-order valence-corrected chi connectivity index (χ1v) is 10.9. The Morgan fingerprint density at radius 3 is 2.55 bits per heavy atom. The van der Waals surface area contributed by atoms with Crippen LogP contribution in [0.4, 0.5) is 5.00 Å². The van der Waals surface area contributed by atoms with Gasteiger partial charge in [-0.3, -0.25) is 4.79 Å². The second-order valence-corrected chi connectivity index (χ2v) is 8.76. The van der Waals surface area contributed by atoms with Crippen molar-refractivity contribution in [3.8, 4) is 5.75 Å². The Hall–Kier alpha value is -2.38. The lowest BCUT2D eigenvalue weighted by Gasteiger charge is -2.09. The molecule has 29 heavy (non-hydrogen) atoms. The van der Waals surface area contributed by atoms with Crippen LogP contribution in [0.25, 0.3) is 10.8 Å². The van der Waals surface area contributed by atoms with Crippen molar-refractivity contribution in [3.63, 3.8) is 0 Å². The molecule has 0 fully saturated rings. The highest BCUT2D eigenvalue weighted by Gasteiger charge is 2.20. The number of benzene rings is 2. The smallest absolute Gasteiger partial charge is 0.341 e. The Labute approximate surface area is 182 Å². The lowest BCUT2D eigenvalue weighted by atomic mass is 10.1. The largest absolute Gasteiger partial charge is 0.484 e. The van der Waals surface area contributed by atoms with Crippen LogP contribution in [0.1, 0.15) is 41.9 Å². The second kappa shape index (κ2) is 9.41. The molecule has 0 radical (unpaired) electrons. The Kier molecular flexibility index (Phi) is 6.92. The molecule has 5 nitrogen and oxygen atoms in total. The molecule has 0 unspecified atom stereocenters. The first kappa shape index (κ1) is 21.3. The average Bonchev–Trinajstić information content (AvgIpc) is 3.10. The van der Waals surface area contributed by atoms with Crippen LogP contribution in [0.15, 0.2) is 46.9 Å². The summed E-state index contributed by atoms with van der Waals surface area (Å²) in [5.74, 6) is 0.0820. The summed E-state index contributed by atoms with van der Waals surface area (Å²) >= 11 is 4.83. The third-order valence-electron chi connectivity index (χ3n) is 4.21. The highest BCUT2D eigenvalue weighted by molar-refractivity contribution is 9.10. The number of nitrogens with one attached hydrogen (secondary N) is 1. The number of rotatable bonds is 7. The number of carbonyl (C=O) groups excluding carboxylic acids is 2. The lowest BCUT2D eigenvalue weighted by Crippen LogP contribution is -2.21. The van der Waals surface area contributed by atoms with Crippen molar-refractivity contribution in [1.82, 2.24) is 0 Å². The van der Waals surface area contributed by atoms with Crippen LogP contribution in [0, 0.1) is 0 Å². The van der Waals surface area contributed by atoms with E-state index >= 15 is 0 Å². The first-order chi connectivity index (χ1) is 13.9. The maximum Gasteiger partial charge on any atom is 0.341 e. The van der Waals surface area contributed by atoms with Crippen LogP contribution in [0.5, 0.6) is 5.75 Å². The van der Waals surface area contributed by atoms with Crippen LogP contribution >= 0.6 is 27.3 Å². The first-order valence-electron chi connectivity index (χ1n) is 9.30. The van der Waals surface area contributed by atoms with Gasteiger partial charge in [0.2, 0.25) is 0 Å². The fourth-order valence-corrected chi connectivity index (χ4v) is 4.19. The number of amides is 1. The van der Waals surface area contributed by atoms with Crippen molar-refractivity contribution in [2.45, 2.75) is 26.7 Å². The Bertz CT molecular complexity index is 1040. The van der Waals surface area contributed by atoms with Gasteiger partial charge in [0.15, 0.2) is 6.61 Å². The number of ether oxygens (including phenoxy) is 2. The van der Waals surface area contributed by atoms with Crippen molar-refractivity contribution in [2.75, 3.05) is 18.5 Å². The molecule has 0 aliphatic carbocycles. The highest BCUT2D eigenvalue weighted by Crippen LogP contribution is 2.33. The monoisotopic (exact) mass is 475 g/mol. The number of thiophene rings is 1. The van der Waals surface area contributed by atoms with Gasteiger partial charge in [0.05, 0.1) is 12.2 Å². The van der Waals surface area contributed by atoms with E-state index in [0.717, 1.165) is 20.1 Å². The van der Waals surface area contributed by atoms with Crippen molar-refractivity contribution in [1.29, 1.82) is 0 Å². The van der Waals surface area contributed by atoms with Gasteiger partial charge >= 0.3 is 5.97 Å². The summed E-state index contributed by atoms with van der Waals surface area (Å²) in [5.41, 5.74) is 0.380. The van der Waals surface area contributed by atoms with E-state index in [1.807, 2.05) is 50.2 Å². The van der Waals surface area contributed by atoms with Gasteiger partial charge in [-0.1, -0.05) is 41.9 Å². The van der Waals surface area contributed by atoms with E-state index in [0.29, 0.717) is 16.3 Å². The van der Waals surface area contributed by atoms with Gasteiger partial charge in [-0.05, 0) is 53.9 Å². The van der Waals surface area contributed by atoms with E-state index < -0.39 is 5.97 Å². The van der Waals surface area contributed by atoms with Crippen molar-refractivity contribution >= 4 is 54.9 Å². The zero-order chi connectivity index (χ0) is 21.0. The molecule has 0 aliphatic heterocycles. The van der Waals surface area contributed by atoms with Gasteiger partial charge in [0.1, 0.15) is 10.8 Å². The summed E-state index contributed by atoms with van der Waals surface area (Å²) in [6, 6.07) is 13.4. The molecule has 152 valence electrons. The molecule has 1 N–H and O–H groups in total. The maximum atomic E-state index is 12.4. The molecule has 7 heteroatoms. The number of carbonyl (C=O) groups is 2. The van der Waals surface area contributed by atoms with E-state index in [4.69, 9.17) is 9.47 Å². The van der Waals surface area contributed by atoms with E-state index in [1.54, 1.807) is 13.0 Å².